The number of fused-ring (bicyclic) bond motifs is 5. The molecule has 0 amide bonds. The van der Waals surface area contributed by atoms with Gasteiger partial charge in [0.05, 0.1) is 11.0 Å². The van der Waals surface area contributed by atoms with Crippen molar-refractivity contribution in [1.82, 2.24) is 14.5 Å². The highest BCUT2D eigenvalue weighted by atomic mass is 16.4. The molecule has 1 aromatic carbocycles. The molecule has 7 heteroatoms. The molecular formula is C28H36N4O3. The lowest BCUT2D eigenvalue weighted by molar-refractivity contribution is -0.129. The number of benzene rings is 1. The van der Waals surface area contributed by atoms with Crippen molar-refractivity contribution in [3.8, 4) is 0 Å². The Labute approximate surface area is 206 Å². The first-order chi connectivity index (χ1) is 17.0. The summed E-state index contributed by atoms with van der Waals surface area (Å²) in [7, 11) is 1.41. The molecule has 1 aromatic heterocycles. The molecule has 2 saturated heterocycles. The van der Waals surface area contributed by atoms with Crippen LogP contribution in [0.25, 0.3) is 11.0 Å². The van der Waals surface area contributed by atoms with Gasteiger partial charge in [0.1, 0.15) is 0 Å². The number of carboxylic acids is 1. The second-order valence-electron chi connectivity index (χ2n) is 11.3. The molecule has 186 valence electrons. The van der Waals surface area contributed by atoms with Crippen LogP contribution < -0.4 is 5.56 Å². The van der Waals surface area contributed by atoms with Gasteiger partial charge in [-0.05, 0) is 68.9 Å². The van der Waals surface area contributed by atoms with Crippen LogP contribution in [0.2, 0.25) is 0 Å². The molecule has 4 unspecified atom stereocenters. The normalized spacial score (nSPS) is 33.6. The van der Waals surface area contributed by atoms with Crippen LogP contribution >= 0.6 is 0 Å². The first-order valence-corrected chi connectivity index (χ1v) is 13.5. The molecule has 2 aliphatic carbocycles. The van der Waals surface area contributed by atoms with Crippen LogP contribution in [0.4, 0.5) is 0 Å². The maximum absolute atomic E-state index is 13.8. The van der Waals surface area contributed by atoms with E-state index in [1.54, 1.807) is 0 Å². The molecule has 1 N–H and O–H groups in total. The summed E-state index contributed by atoms with van der Waals surface area (Å²) in [5.41, 5.74) is 0.811. The molecule has 4 fully saturated rings. The monoisotopic (exact) mass is 476 g/mol. The minimum absolute atomic E-state index is 0.0496. The van der Waals surface area contributed by atoms with Crippen LogP contribution in [-0.4, -0.2) is 56.4 Å². The van der Waals surface area contributed by atoms with E-state index in [4.69, 9.17) is 0 Å². The molecule has 2 saturated carbocycles. The van der Waals surface area contributed by atoms with Crippen molar-refractivity contribution in [2.75, 3.05) is 7.05 Å². The summed E-state index contributed by atoms with van der Waals surface area (Å²) in [6, 6.07) is 9.37. The van der Waals surface area contributed by atoms with Crippen molar-refractivity contribution < 1.29 is 9.90 Å². The Morgan fingerprint density at radius 1 is 0.914 bits per heavy atom. The fraction of sp³-hybridized carbons (Fsp3) is 0.643. The Morgan fingerprint density at radius 3 is 2.23 bits per heavy atom. The Kier molecular flexibility index (Phi) is 5.99. The van der Waals surface area contributed by atoms with Crippen molar-refractivity contribution in [2.45, 2.75) is 94.8 Å². The maximum Gasteiger partial charge on any atom is 0.356 e. The predicted molar refractivity (Wildman–Crippen MR) is 136 cm³/mol. The van der Waals surface area contributed by atoms with Gasteiger partial charge in [0.2, 0.25) is 0 Å². The average molecular weight is 477 g/mol. The topological polar surface area (TPSA) is 87.8 Å². The number of aromatic nitrogens is 2. The summed E-state index contributed by atoms with van der Waals surface area (Å²) in [6.07, 6.45) is 13.9. The van der Waals surface area contributed by atoms with Gasteiger partial charge in [-0.3, -0.25) is 14.7 Å². The van der Waals surface area contributed by atoms with E-state index in [0.717, 1.165) is 30.2 Å². The van der Waals surface area contributed by atoms with E-state index in [-0.39, 0.29) is 23.0 Å². The van der Waals surface area contributed by atoms with Gasteiger partial charge in [0.25, 0.3) is 5.56 Å². The highest BCUT2D eigenvalue weighted by Crippen LogP contribution is 2.47. The zero-order chi connectivity index (χ0) is 24.1. The molecule has 7 nitrogen and oxygen atoms in total. The summed E-state index contributed by atoms with van der Waals surface area (Å²) in [5, 5.41) is 9.68. The number of nitrogens with zero attached hydrogens (tertiary/aromatic N) is 4. The van der Waals surface area contributed by atoms with Crippen LogP contribution in [0.5, 0.6) is 0 Å². The number of hydrogen-bond acceptors (Lipinski definition) is 5. The number of para-hydroxylation sites is 2. The van der Waals surface area contributed by atoms with Gasteiger partial charge in [0, 0.05) is 31.2 Å². The van der Waals surface area contributed by atoms with Crippen LogP contribution in [0.15, 0.2) is 34.1 Å². The maximum atomic E-state index is 13.8. The summed E-state index contributed by atoms with van der Waals surface area (Å²) < 4.78 is 1.87. The number of aliphatic carboxylic acids is 1. The van der Waals surface area contributed by atoms with Crippen molar-refractivity contribution in [2.24, 2.45) is 16.8 Å². The second-order valence-corrected chi connectivity index (χ2v) is 11.3. The molecule has 2 aliphatic heterocycles. The van der Waals surface area contributed by atoms with Gasteiger partial charge in [-0.15, -0.1) is 0 Å². The lowest BCUT2D eigenvalue weighted by Gasteiger charge is -2.55. The quantitative estimate of drug-likeness (QED) is 0.660. The van der Waals surface area contributed by atoms with Crippen molar-refractivity contribution in [3.05, 3.63) is 40.3 Å². The molecule has 4 bridgehead atoms. The third-order valence-electron chi connectivity index (χ3n) is 9.34. The Morgan fingerprint density at radius 2 is 1.57 bits per heavy atom. The molecular weight excluding hydrogens is 440 g/mol. The zero-order valence-corrected chi connectivity index (χ0v) is 20.6. The van der Waals surface area contributed by atoms with E-state index in [1.807, 2.05) is 28.8 Å². The number of aliphatic imine (C=N–C) groups is 1. The molecule has 6 rings (SSSR count). The van der Waals surface area contributed by atoms with Gasteiger partial charge in [-0.2, -0.15) is 0 Å². The SMILES string of the molecule is CN=C(C(=O)O)c1nc2ccccc2n(C2CC3CCCC(C2)N3C2CC3CCCC(C3)C2)c1=O. The van der Waals surface area contributed by atoms with Crippen LogP contribution in [0.1, 0.15) is 82.4 Å². The second kappa shape index (κ2) is 9.16. The van der Waals surface area contributed by atoms with Crippen molar-refractivity contribution in [3.63, 3.8) is 0 Å². The smallest absolute Gasteiger partial charge is 0.356 e. The molecule has 2 aromatic rings. The highest BCUT2D eigenvalue weighted by molar-refractivity contribution is 6.42. The van der Waals surface area contributed by atoms with E-state index in [2.05, 4.69) is 14.9 Å². The molecule has 0 spiro atoms. The van der Waals surface area contributed by atoms with Crippen LogP contribution in [-0.2, 0) is 4.79 Å². The fourth-order valence-corrected chi connectivity index (χ4v) is 8.11. The van der Waals surface area contributed by atoms with E-state index >= 15 is 0 Å². The molecule has 0 radical (unpaired) electrons. The highest BCUT2D eigenvalue weighted by Gasteiger charge is 2.45. The minimum atomic E-state index is -1.21. The summed E-state index contributed by atoms with van der Waals surface area (Å²) in [4.78, 5) is 36.9. The number of hydrogen-bond donors (Lipinski definition) is 1. The number of piperidine rings is 2. The van der Waals surface area contributed by atoms with Crippen LogP contribution in [0, 0.1) is 11.8 Å². The lowest BCUT2D eigenvalue weighted by Crippen LogP contribution is -2.58. The molecule has 35 heavy (non-hydrogen) atoms. The van der Waals surface area contributed by atoms with Crippen molar-refractivity contribution in [1.29, 1.82) is 0 Å². The van der Waals surface area contributed by atoms with Gasteiger partial charge in [-0.25, -0.2) is 9.78 Å². The number of carbonyl (C=O) groups is 1. The Hall–Kier alpha value is -2.54. The third-order valence-corrected chi connectivity index (χ3v) is 9.34. The summed E-state index contributed by atoms with van der Waals surface area (Å²) in [6.45, 7) is 0. The zero-order valence-electron chi connectivity index (χ0n) is 20.6. The molecule has 4 atom stereocenters. The minimum Gasteiger partial charge on any atom is -0.476 e. The summed E-state index contributed by atoms with van der Waals surface area (Å²) >= 11 is 0. The van der Waals surface area contributed by atoms with E-state index in [0.29, 0.717) is 23.6 Å². The number of carboxylic acid groups (broad SMARTS) is 1. The Balaban J connectivity index is 1.37. The van der Waals surface area contributed by atoms with Crippen molar-refractivity contribution >= 4 is 22.7 Å². The largest absolute Gasteiger partial charge is 0.476 e. The van der Waals surface area contributed by atoms with Crippen LogP contribution in [0.3, 0.4) is 0 Å². The Bertz CT molecular complexity index is 1190. The van der Waals surface area contributed by atoms with Gasteiger partial charge < -0.3 is 9.67 Å². The third kappa shape index (κ3) is 4.02. The first kappa shape index (κ1) is 22.9. The van der Waals surface area contributed by atoms with Gasteiger partial charge >= 0.3 is 5.97 Å². The van der Waals surface area contributed by atoms with E-state index < -0.39 is 5.97 Å². The van der Waals surface area contributed by atoms with E-state index in [9.17, 15) is 14.7 Å². The summed E-state index contributed by atoms with van der Waals surface area (Å²) in [5.74, 6) is 0.597. The average Bonchev–Trinajstić information content (AvgIpc) is 2.83. The molecule has 4 aliphatic rings. The first-order valence-electron chi connectivity index (χ1n) is 13.5. The number of rotatable bonds is 4. The predicted octanol–water partition coefficient (Wildman–Crippen LogP) is 4.43. The molecule has 3 heterocycles. The van der Waals surface area contributed by atoms with Gasteiger partial charge in [-0.1, -0.05) is 37.8 Å². The van der Waals surface area contributed by atoms with Gasteiger partial charge in [0.15, 0.2) is 11.4 Å². The fourth-order valence-electron chi connectivity index (χ4n) is 8.11. The van der Waals surface area contributed by atoms with E-state index in [1.165, 1.54) is 64.8 Å². The standard InChI is InChI=1S/C28H36N4O3/c1-29-26(28(34)35)25-27(33)32(24-11-3-2-10-23(24)30-25)22-15-19-8-5-9-20(16-22)31(19)21-13-17-6-4-7-18(12-17)14-21/h2-3,10-11,17-22H,4-9,12-16H2,1H3,(H,34,35). The lowest BCUT2D eigenvalue weighted by atomic mass is 9.68.